The van der Waals surface area contributed by atoms with Gasteiger partial charge in [0.2, 0.25) is 0 Å². The Morgan fingerprint density at radius 1 is 0.800 bits per heavy atom. The van der Waals surface area contributed by atoms with Crippen LogP contribution in [0.3, 0.4) is 0 Å². The second kappa shape index (κ2) is 6.79. The van der Waals surface area contributed by atoms with E-state index in [-0.39, 0.29) is 0 Å². The molecule has 0 aromatic heterocycles. The smallest absolute Gasteiger partial charge is 0.0462 e. The summed E-state index contributed by atoms with van der Waals surface area (Å²) >= 11 is 0. The van der Waals surface area contributed by atoms with E-state index in [0.29, 0.717) is 12.5 Å². The Kier molecular flexibility index (Phi) is 5.04. The Morgan fingerprint density at radius 3 is 2.10 bits per heavy atom. The Morgan fingerprint density at radius 2 is 1.45 bits per heavy atom. The van der Waals surface area contributed by atoms with Crippen molar-refractivity contribution in [2.45, 2.75) is 83.1 Å². The van der Waals surface area contributed by atoms with Crippen LogP contribution in [0.1, 0.15) is 77.0 Å². The predicted molar refractivity (Wildman–Crippen MR) is 83.7 cm³/mol. The van der Waals surface area contributed by atoms with Gasteiger partial charge in [0.1, 0.15) is 0 Å². The number of hydrogen-bond donors (Lipinski definition) is 2. The first-order valence-electron chi connectivity index (χ1n) is 9.16. The highest BCUT2D eigenvalue weighted by Gasteiger charge is 2.37. The van der Waals surface area contributed by atoms with Gasteiger partial charge in [-0.1, -0.05) is 25.7 Å². The Bertz CT molecular complexity index is 288. The van der Waals surface area contributed by atoms with Crippen LogP contribution in [0.2, 0.25) is 0 Å². The minimum atomic E-state index is 0.403. The van der Waals surface area contributed by atoms with Crippen LogP contribution in [-0.4, -0.2) is 24.3 Å². The maximum Gasteiger partial charge on any atom is 0.0462 e. The van der Waals surface area contributed by atoms with Gasteiger partial charge in [-0.15, -0.1) is 0 Å². The van der Waals surface area contributed by atoms with Crippen molar-refractivity contribution >= 4 is 0 Å². The minimum Gasteiger partial charge on any atom is -0.396 e. The number of rotatable bonds is 4. The van der Waals surface area contributed by atoms with Crippen molar-refractivity contribution in [3.05, 3.63) is 0 Å². The molecule has 0 aromatic carbocycles. The number of nitrogens with one attached hydrogen (secondary N) is 1. The normalized spacial score (nSPS) is 34.6. The van der Waals surface area contributed by atoms with Crippen molar-refractivity contribution in [1.82, 2.24) is 5.32 Å². The van der Waals surface area contributed by atoms with E-state index >= 15 is 0 Å². The summed E-state index contributed by atoms with van der Waals surface area (Å²) in [5.41, 5.74) is 0.761. The SMILES string of the molecule is OCC1CCCCC1CNC1CCC2(CCCC2)CC1. The summed E-state index contributed by atoms with van der Waals surface area (Å²) in [6.45, 7) is 1.56. The van der Waals surface area contributed by atoms with Gasteiger partial charge in [0.05, 0.1) is 0 Å². The zero-order valence-electron chi connectivity index (χ0n) is 13.1. The molecule has 0 saturated heterocycles. The fourth-order valence-electron chi connectivity index (χ4n) is 5.17. The summed E-state index contributed by atoms with van der Waals surface area (Å²) in [6, 6.07) is 0.766. The van der Waals surface area contributed by atoms with Crippen molar-refractivity contribution in [3.8, 4) is 0 Å². The van der Waals surface area contributed by atoms with Crippen LogP contribution in [0.25, 0.3) is 0 Å². The van der Waals surface area contributed by atoms with Crippen molar-refractivity contribution in [2.75, 3.05) is 13.2 Å². The molecule has 3 saturated carbocycles. The molecule has 0 amide bonds. The molecule has 0 aromatic rings. The highest BCUT2D eigenvalue weighted by atomic mass is 16.3. The molecule has 2 unspecified atom stereocenters. The zero-order valence-corrected chi connectivity index (χ0v) is 13.1. The highest BCUT2D eigenvalue weighted by molar-refractivity contribution is 4.91. The number of aliphatic hydroxyl groups is 1. The average Bonchev–Trinajstić information content (AvgIpc) is 2.95. The summed E-state index contributed by atoms with van der Waals surface area (Å²) in [4.78, 5) is 0. The fourth-order valence-corrected chi connectivity index (χ4v) is 5.17. The van der Waals surface area contributed by atoms with Crippen LogP contribution in [0, 0.1) is 17.3 Å². The number of aliphatic hydroxyl groups excluding tert-OH is 1. The monoisotopic (exact) mass is 279 g/mol. The van der Waals surface area contributed by atoms with Gasteiger partial charge < -0.3 is 10.4 Å². The van der Waals surface area contributed by atoms with E-state index in [1.807, 2.05) is 0 Å². The van der Waals surface area contributed by atoms with E-state index in [2.05, 4.69) is 5.32 Å². The molecular weight excluding hydrogens is 246 g/mol. The van der Waals surface area contributed by atoms with Gasteiger partial charge in [-0.25, -0.2) is 0 Å². The van der Waals surface area contributed by atoms with Gasteiger partial charge in [0, 0.05) is 12.6 Å². The number of hydrogen-bond acceptors (Lipinski definition) is 2. The van der Waals surface area contributed by atoms with Crippen molar-refractivity contribution in [1.29, 1.82) is 0 Å². The molecule has 0 radical (unpaired) electrons. The molecule has 3 rings (SSSR count). The first-order valence-corrected chi connectivity index (χ1v) is 9.16. The second-order valence-electron chi connectivity index (χ2n) is 7.88. The van der Waals surface area contributed by atoms with E-state index in [0.717, 1.165) is 23.9 Å². The lowest BCUT2D eigenvalue weighted by atomic mass is 9.71. The molecule has 1 spiro atoms. The van der Waals surface area contributed by atoms with Crippen LogP contribution < -0.4 is 5.32 Å². The summed E-state index contributed by atoms with van der Waals surface area (Å²) in [5.74, 6) is 1.30. The van der Waals surface area contributed by atoms with Crippen LogP contribution in [0.4, 0.5) is 0 Å². The molecule has 116 valence electrons. The molecular formula is C18H33NO. The highest BCUT2D eigenvalue weighted by Crippen LogP contribution is 2.48. The quantitative estimate of drug-likeness (QED) is 0.818. The van der Waals surface area contributed by atoms with Crippen LogP contribution in [-0.2, 0) is 0 Å². The Balaban J connectivity index is 1.41. The summed E-state index contributed by atoms with van der Waals surface area (Å²) in [5, 5.41) is 13.4. The van der Waals surface area contributed by atoms with Gasteiger partial charge >= 0.3 is 0 Å². The van der Waals surface area contributed by atoms with Crippen molar-refractivity contribution < 1.29 is 5.11 Å². The van der Waals surface area contributed by atoms with Crippen molar-refractivity contribution in [3.63, 3.8) is 0 Å². The predicted octanol–water partition coefficient (Wildman–Crippen LogP) is 3.88. The summed E-state index contributed by atoms with van der Waals surface area (Å²) in [6.07, 6.45) is 17.0. The second-order valence-corrected chi connectivity index (χ2v) is 7.88. The van der Waals surface area contributed by atoms with E-state index < -0.39 is 0 Å². The third-order valence-electron chi connectivity index (χ3n) is 6.68. The lowest BCUT2D eigenvalue weighted by Gasteiger charge is -2.39. The van der Waals surface area contributed by atoms with Gasteiger partial charge in [0.15, 0.2) is 0 Å². The molecule has 3 aliphatic carbocycles. The maximum atomic E-state index is 9.51. The Hall–Kier alpha value is -0.0800. The van der Waals surface area contributed by atoms with Crippen molar-refractivity contribution in [2.24, 2.45) is 17.3 Å². The van der Waals surface area contributed by atoms with Gasteiger partial charge in [-0.3, -0.25) is 0 Å². The summed E-state index contributed by atoms with van der Waals surface area (Å²) < 4.78 is 0. The van der Waals surface area contributed by atoms with Gasteiger partial charge in [0.25, 0.3) is 0 Å². The first kappa shape index (κ1) is 14.8. The zero-order chi connectivity index (χ0) is 13.8. The minimum absolute atomic E-state index is 0.403. The molecule has 0 aliphatic heterocycles. The van der Waals surface area contributed by atoms with E-state index in [1.54, 1.807) is 0 Å². The summed E-state index contributed by atoms with van der Waals surface area (Å²) in [7, 11) is 0. The topological polar surface area (TPSA) is 32.3 Å². The first-order chi connectivity index (χ1) is 9.81. The van der Waals surface area contributed by atoms with Gasteiger partial charge in [-0.2, -0.15) is 0 Å². The van der Waals surface area contributed by atoms with Crippen LogP contribution >= 0.6 is 0 Å². The van der Waals surface area contributed by atoms with Crippen LogP contribution in [0.5, 0.6) is 0 Å². The van der Waals surface area contributed by atoms with Crippen LogP contribution in [0.15, 0.2) is 0 Å². The molecule has 2 heteroatoms. The van der Waals surface area contributed by atoms with E-state index in [9.17, 15) is 5.11 Å². The largest absolute Gasteiger partial charge is 0.396 e. The molecule has 2 atom stereocenters. The maximum absolute atomic E-state index is 9.51. The lowest BCUT2D eigenvalue weighted by Crippen LogP contribution is -2.41. The third kappa shape index (κ3) is 3.39. The molecule has 3 aliphatic rings. The molecule has 3 fully saturated rings. The van der Waals surface area contributed by atoms with E-state index in [1.165, 1.54) is 77.0 Å². The fraction of sp³-hybridized carbons (Fsp3) is 1.00. The molecule has 0 bridgehead atoms. The molecule has 20 heavy (non-hydrogen) atoms. The average molecular weight is 279 g/mol. The molecule has 2 N–H and O–H groups in total. The standard InChI is InChI=1S/C18H33NO/c20-14-16-6-2-1-5-15(16)13-19-17-7-11-18(12-8-17)9-3-4-10-18/h15-17,19-20H,1-14H2. The third-order valence-corrected chi connectivity index (χ3v) is 6.68. The lowest BCUT2D eigenvalue weighted by molar-refractivity contribution is 0.121. The van der Waals surface area contributed by atoms with E-state index in [4.69, 9.17) is 0 Å². The van der Waals surface area contributed by atoms with Gasteiger partial charge in [-0.05, 0) is 75.2 Å². The molecule has 2 nitrogen and oxygen atoms in total. The Labute approximate surface area is 124 Å². The molecule has 0 heterocycles.